The van der Waals surface area contributed by atoms with Crippen LogP contribution in [0.25, 0.3) is 11.1 Å². The quantitative estimate of drug-likeness (QED) is 0.601. The standard InChI is InChI=1S/C20H21ClN2O2S/c1-26-17-5-2-14(3-6-17)13-22-10-8-16(9-11-22)23-18-12-15(21)4-7-19(18)25-20(23)24/h2-7,12,16H,8-11,13H2,1H3. The summed E-state index contributed by atoms with van der Waals surface area (Å²) in [6.07, 6.45) is 3.96. The van der Waals surface area contributed by atoms with Crippen LogP contribution in [0.3, 0.4) is 0 Å². The second-order valence-corrected chi connectivity index (χ2v) is 8.02. The highest BCUT2D eigenvalue weighted by Gasteiger charge is 2.24. The minimum Gasteiger partial charge on any atom is -0.408 e. The molecule has 0 amide bonds. The van der Waals surface area contributed by atoms with Crippen molar-refractivity contribution in [2.24, 2.45) is 0 Å². The molecule has 2 heterocycles. The fraction of sp³-hybridized carbons (Fsp3) is 0.350. The number of hydrogen-bond donors (Lipinski definition) is 0. The number of benzene rings is 2. The smallest absolute Gasteiger partial charge is 0.408 e. The van der Waals surface area contributed by atoms with Crippen molar-refractivity contribution in [3.05, 3.63) is 63.6 Å². The number of likely N-dealkylation sites (tertiary alicyclic amines) is 1. The Morgan fingerprint density at radius 2 is 1.88 bits per heavy atom. The van der Waals surface area contributed by atoms with Crippen LogP contribution in [0.15, 0.2) is 56.6 Å². The third-order valence-electron chi connectivity index (χ3n) is 5.06. The summed E-state index contributed by atoms with van der Waals surface area (Å²) in [7, 11) is 0. The Labute approximate surface area is 161 Å². The zero-order valence-corrected chi connectivity index (χ0v) is 16.2. The Balaban J connectivity index is 1.46. The van der Waals surface area contributed by atoms with E-state index >= 15 is 0 Å². The number of oxazole rings is 1. The molecule has 26 heavy (non-hydrogen) atoms. The molecular weight excluding hydrogens is 368 g/mol. The molecule has 3 aromatic rings. The maximum Gasteiger partial charge on any atom is 0.420 e. The molecule has 136 valence electrons. The van der Waals surface area contributed by atoms with Crippen molar-refractivity contribution in [1.82, 2.24) is 9.47 Å². The number of hydrogen-bond acceptors (Lipinski definition) is 4. The lowest BCUT2D eigenvalue weighted by Crippen LogP contribution is -2.36. The van der Waals surface area contributed by atoms with Crippen LogP contribution in [-0.2, 0) is 6.54 Å². The van der Waals surface area contributed by atoms with E-state index in [0.717, 1.165) is 38.0 Å². The lowest BCUT2D eigenvalue weighted by atomic mass is 10.0. The molecule has 0 bridgehead atoms. The summed E-state index contributed by atoms with van der Waals surface area (Å²) < 4.78 is 7.17. The maximum atomic E-state index is 12.3. The molecule has 0 atom stereocenters. The molecule has 0 radical (unpaired) electrons. The van der Waals surface area contributed by atoms with Crippen LogP contribution in [0.5, 0.6) is 0 Å². The Hall–Kier alpha value is -1.69. The van der Waals surface area contributed by atoms with E-state index in [0.29, 0.717) is 10.6 Å². The van der Waals surface area contributed by atoms with Crippen LogP contribution in [-0.4, -0.2) is 28.8 Å². The van der Waals surface area contributed by atoms with Crippen molar-refractivity contribution in [3.63, 3.8) is 0 Å². The topological polar surface area (TPSA) is 38.4 Å². The zero-order valence-electron chi connectivity index (χ0n) is 14.7. The van der Waals surface area contributed by atoms with Gasteiger partial charge in [0, 0.05) is 35.6 Å². The number of rotatable bonds is 4. The van der Waals surface area contributed by atoms with Crippen molar-refractivity contribution >= 4 is 34.5 Å². The first kappa shape index (κ1) is 17.7. The SMILES string of the molecule is CSc1ccc(CN2CCC(n3c(=O)oc4ccc(Cl)cc43)CC2)cc1. The van der Waals surface area contributed by atoms with Gasteiger partial charge in [-0.05, 0) is 55.0 Å². The summed E-state index contributed by atoms with van der Waals surface area (Å²) in [6, 6.07) is 14.3. The first-order chi connectivity index (χ1) is 12.6. The molecule has 1 aliphatic heterocycles. The lowest BCUT2D eigenvalue weighted by molar-refractivity contribution is 0.177. The first-order valence-electron chi connectivity index (χ1n) is 8.80. The van der Waals surface area contributed by atoms with Crippen LogP contribution in [0.4, 0.5) is 0 Å². The van der Waals surface area contributed by atoms with Crippen LogP contribution in [0, 0.1) is 0 Å². The summed E-state index contributed by atoms with van der Waals surface area (Å²) in [4.78, 5) is 16.1. The molecule has 0 saturated carbocycles. The van der Waals surface area contributed by atoms with E-state index in [1.807, 2.05) is 6.07 Å². The van der Waals surface area contributed by atoms with E-state index in [4.69, 9.17) is 16.0 Å². The highest BCUT2D eigenvalue weighted by Crippen LogP contribution is 2.28. The van der Waals surface area contributed by atoms with Crippen molar-refractivity contribution in [2.45, 2.75) is 30.3 Å². The maximum absolute atomic E-state index is 12.3. The van der Waals surface area contributed by atoms with Gasteiger partial charge in [0.05, 0.1) is 5.52 Å². The number of nitrogens with zero attached hydrogens (tertiary/aromatic N) is 2. The first-order valence-corrected chi connectivity index (χ1v) is 10.4. The van der Waals surface area contributed by atoms with Gasteiger partial charge in [-0.1, -0.05) is 23.7 Å². The van der Waals surface area contributed by atoms with Crippen LogP contribution < -0.4 is 5.76 Å². The van der Waals surface area contributed by atoms with Crippen molar-refractivity contribution in [1.29, 1.82) is 0 Å². The molecule has 4 rings (SSSR count). The van der Waals surface area contributed by atoms with Gasteiger partial charge < -0.3 is 4.42 Å². The number of halogens is 1. The Bertz CT molecular complexity index is 956. The summed E-state index contributed by atoms with van der Waals surface area (Å²) in [5.74, 6) is -0.284. The second-order valence-electron chi connectivity index (χ2n) is 6.71. The Morgan fingerprint density at radius 3 is 2.58 bits per heavy atom. The normalized spacial score (nSPS) is 16.4. The van der Waals surface area contributed by atoms with Gasteiger partial charge in [0.2, 0.25) is 0 Å². The molecule has 0 aliphatic carbocycles. The molecule has 1 fully saturated rings. The van der Waals surface area contributed by atoms with E-state index in [2.05, 4.69) is 35.4 Å². The fourth-order valence-corrected chi connectivity index (χ4v) is 4.25. The molecule has 2 aromatic carbocycles. The zero-order chi connectivity index (χ0) is 18.1. The fourth-order valence-electron chi connectivity index (χ4n) is 3.68. The van der Waals surface area contributed by atoms with E-state index in [-0.39, 0.29) is 11.8 Å². The summed E-state index contributed by atoms with van der Waals surface area (Å²) >= 11 is 7.87. The average Bonchev–Trinajstić information content (AvgIpc) is 2.98. The Morgan fingerprint density at radius 1 is 1.15 bits per heavy atom. The number of thioether (sulfide) groups is 1. The van der Waals surface area contributed by atoms with Crippen molar-refractivity contribution < 1.29 is 4.42 Å². The molecule has 4 nitrogen and oxygen atoms in total. The van der Waals surface area contributed by atoms with Crippen LogP contribution >= 0.6 is 23.4 Å². The third kappa shape index (κ3) is 3.56. The second kappa shape index (κ2) is 7.51. The molecule has 0 spiro atoms. The summed E-state index contributed by atoms with van der Waals surface area (Å²) in [5, 5.41) is 0.623. The number of aromatic nitrogens is 1. The van der Waals surface area contributed by atoms with Gasteiger partial charge in [-0.25, -0.2) is 4.79 Å². The third-order valence-corrected chi connectivity index (χ3v) is 6.04. The van der Waals surface area contributed by atoms with Gasteiger partial charge in [0.15, 0.2) is 5.58 Å². The minimum absolute atomic E-state index is 0.164. The Kier molecular flexibility index (Phi) is 5.11. The monoisotopic (exact) mass is 388 g/mol. The predicted octanol–water partition coefficient (Wildman–Crippen LogP) is 4.81. The average molecular weight is 389 g/mol. The van der Waals surface area contributed by atoms with Crippen molar-refractivity contribution in [3.8, 4) is 0 Å². The molecule has 1 saturated heterocycles. The van der Waals surface area contributed by atoms with E-state index < -0.39 is 0 Å². The number of fused-ring (bicyclic) bond motifs is 1. The van der Waals surface area contributed by atoms with Crippen LogP contribution in [0.1, 0.15) is 24.4 Å². The number of piperidine rings is 1. The largest absolute Gasteiger partial charge is 0.420 e. The molecule has 1 aromatic heterocycles. The molecular formula is C20H21ClN2O2S. The van der Waals surface area contributed by atoms with E-state index in [1.54, 1.807) is 28.5 Å². The van der Waals surface area contributed by atoms with Gasteiger partial charge >= 0.3 is 5.76 Å². The van der Waals surface area contributed by atoms with E-state index in [9.17, 15) is 4.79 Å². The highest BCUT2D eigenvalue weighted by atomic mass is 35.5. The highest BCUT2D eigenvalue weighted by molar-refractivity contribution is 7.98. The van der Waals surface area contributed by atoms with Crippen molar-refractivity contribution in [2.75, 3.05) is 19.3 Å². The van der Waals surface area contributed by atoms with E-state index in [1.165, 1.54) is 10.5 Å². The minimum atomic E-state index is -0.284. The molecule has 1 aliphatic rings. The van der Waals surface area contributed by atoms with Gasteiger partial charge in [0.1, 0.15) is 0 Å². The molecule has 0 unspecified atom stereocenters. The summed E-state index contributed by atoms with van der Waals surface area (Å²) in [5.41, 5.74) is 2.74. The lowest BCUT2D eigenvalue weighted by Gasteiger charge is -2.32. The van der Waals surface area contributed by atoms with Gasteiger partial charge in [-0.3, -0.25) is 9.47 Å². The molecule has 0 N–H and O–H groups in total. The van der Waals surface area contributed by atoms with Crippen LogP contribution in [0.2, 0.25) is 5.02 Å². The van der Waals surface area contributed by atoms with Gasteiger partial charge in [-0.15, -0.1) is 11.8 Å². The summed E-state index contributed by atoms with van der Waals surface area (Å²) in [6.45, 7) is 2.89. The molecule has 6 heteroatoms. The predicted molar refractivity (Wildman–Crippen MR) is 107 cm³/mol. The van der Waals surface area contributed by atoms with Gasteiger partial charge in [-0.2, -0.15) is 0 Å². The van der Waals surface area contributed by atoms with Gasteiger partial charge in [0.25, 0.3) is 0 Å².